The molecule has 0 radical (unpaired) electrons. The predicted octanol–water partition coefficient (Wildman–Crippen LogP) is 1.26. The number of amides is 1. The molecule has 0 saturated heterocycles. The third-order valence-corrected chi connectivity index (χ3v) is 2.04. The Morgan fingerprint density at radius 1 is 1.59 bits per heavy atom. The Morgan fingerprint density at radius 2 is 2.35 bits per heavy atom. The fraction of sp³-hybridized carbons (Fsp3) is 0.500. The summed E-state index contributed by atoms with van der Waals surface area (Å²) in [5.74, 6) is 0.0158. The highest BCUT2D eigenvalue weighted by Gasteiger charge is 2.02. The largest absolute Gasteiger partial charge is 0.383 e. The minimum absolute atomic E-state index is 0.262. The third-order valence-electron chi connectivity index (χ3n) is 2.04. The van der Waals surface area contributed by atoms with E-state index in [9.17, 15) is 4.79 Å². The summed E-state index contributed by atoms with van der Waals surface area (Å²) in [5.41, 5.74) is 6.22. The standard InChI is InChI=1S/C12H19N3O2/c1-9(2)8-17-6-5-14-10-3-4-15-11(7-10)12(13)16/h3-4,7,9H,5-6,8H2,1-2H3,(H2,13,16)(H,14,15). The number of rotatable bonds is 7. The van der Waals surface area contributed by atoms with Crippen molar-refractivity contribution < 1.29 is 9.53 Å². The van der Waals surface area contributed by atoms with Crippen molar-refractivity contribution in [2.45, 2.75) is 13.8 Å². The van der Waals surface area contributed by atoms with E-state index in [-0.39, 0.29) is 5.69 Å². The van der Waals surface area contributed by atoms with E-state index in [0.29, 0.717) is 19.1 Å². The molecule has 1 rings (SSSR count). The van der Waals surface area contributed by atoms with Crippen molar-refractivity contribution in [1.82, 2.24) is 4.98 Å². The number of ether oxygens (including phenoxy) is 1. The lowest BCUT2D eigenvalue weighted by atomic mass is 10.2. The fourth-order valence-electron chi connectivity index (χ4n) is 1.26. The first kappa shape index (κ1) is 13.4. The van der Waals surface area contributed by atoms with E-state index < -0.39 is 5.91 Å². The van der Waals surface area contributed by atoms with Crippen LogP contribution in [0.1, 0.15) is 24.3 Å². The van der Waals surface area contributed by atoms with Gasteiger partial charge in [-0.3, -0.25) is 9.78 Å². The van der Waals surface area contributed by atoms with Crippen LogP contribution in [0.3, 0.4) is 0 Å². The van der Waals surface area contributed by atoms with Gasteiger partial charge in [0.1, 0.15) is 5.69 Å². The normalized spacial score (nSPS) is 10.5. The molecule has 0 spiro atoms. The van der Waals surface area contributed by atoms with Crippen LogP contribution >= 0.6 is 0 Å². The van der Waals surface area contributed by atoms with Crippen LogP contribution in [0.4, 0.5) is 5.69 Å². The van der Waals surface area contributed by atoms with Crippen LogP contribution in [-0.2, 0) is 4.74 Å². The lowest BCUT2D eigenvalue weighted by Crippen LogP contribution is -2.15. The highest BCUT2D eigenvalue weighted by atomic mass is 16.5. The van der Waals surface area contributed by atoms with Gasteiger partial charge in [-0.25, -0.2) is 0 Å². The Morgan fingerprint density at radius 3 is 3.00 bits per heavy atom. The van der Waals surface area contributed by atoms with Crippen molar-refractivity contribution in [3.63, 3.8) is 0 Å². The summed E-state index contributed by atoms with van der Waals surface area (Å²) in [6, 6.07) is 3.42. The summed E-state index contributed by atoms with van der Waals surface area (Å²) in [6.45, 7) is 6.29. The zero-order valence-electron chi connectivity index (χ0n) is 10.3. The molecule has 0 aromatic carbocycles. The molecule has 94 valence electrons. The Hall–Kier alpha value is -1.62. The molecule has 1 aromatic rings. The molecular weight excluding hydrogens is 218 g/mol. The number of anilines is 1. The summed E-state index contributed by atoms with van der Waals surface area (Å²) in [6.07, 6.45) is 1.55. The Kier molecular flexibility index (Phi) is 5.42. The van der Waals surface area contributed by atoms with E-state index in [1.807, 2.05) is 0 Å². The number of primary amides is 1. The molecule has 1 aromatic heterocycles. The van der Waals surface area contributed by atoms with Crippen molar-refractivity contribution in [2.24, 2.45) is 11.7 Å². The van der Waals surface area contributed by atoms with Gasteiger partial charge < -0.3 is 15.8 Å². The molecule has 0 fully saturated rings. The van der Waals surface area contributed by atoms with Gasteiger partial charge in [-0.2, -0.15) is 0 Å². The first-order chi connectivity index (χ1) is 8.09. The molecule has 1 amide bonds. The van der Waals surface area contributed by atoms with Gasteiger partial charge in [-0.15, -0.1) is 0 Å². The van der Waals surface area contributed by atoms with Crippen molar-refractivity contribution in [3.05, 3.63) is 24.0 Å². The van der Waals surface area contributed by atoms with Gasteiger partial charge in [-0.1, -0.05) is 13.8 Å². The average molecular weight is 237 g/mol. The maximum Gasteiger partial charge on any atom is 0.267 e. The molecule has 0 saturated carbocycles. The number of nitrogens with one attached hydrogen (secondary N) is 1. The van der Waals surface area contributed by atoms with Gasteiger partial charge in [0.15, 0.2) is 0 Å². The maximum absolute atomic E-state index is 10.9. The molecule has 0 aliphatic carbocycles. The first-order valence-corrected chi connectivity index (χ1v) is 5.67. The minimum atomic E-state index is -0.523. The smallest absolute Gasteiger partial charge is 0.267 e. The van der Waals surface area contributed by atoms with Gasteiger partial charge >= 0.3 is 0 Å². The van der Waals surface area contributed by atoms with Crippen LogP contribution in [0.25, 0.3) is 0 Å². The van der Waals surface area contributed by atoms with Gasteiger partial charge in [0.2, 0.25) is 0 Å². The van der Waals surface area contributed by atoms with Crippen molar-refractivity contribution in [2.75, 3.05) is 25.1 Å². The molecule has 1 heterocycles. The number of aromatic nitrogens is 1. The summed E-state index contributed by atoms with van der Waals surface area (Å²) in [7, 11) is 0. The monoisotopic (exact) mass is 237 g/mol. The van der Waals surface area contributed by atoms with Crippen LogP contribution in [0.5, 0.6) is 0 Å². The van der Waals surface area contributed by atoms with E-state index >= 15 is 0 Å². The summed E-state index contributed by atoms with van der Waals surface area (Å²) < 4.78 is 5.42. The number of nitrogens with two attached hydrogens (primary N) is 1. The first-order valence-electron chi connectivity index (χ1n) is 5.67. The van der Waals surface area contributed by atoms with Crippen LogP contribution < -0.4 is 11.1 Å². The molecule has 0 aliphatic heterocycles. The van der Waals surface area contributed by atoms with Crippen molar-refractivity contribution in [3.8, 4) is 0 Å². The summed E-state index contributed by atoms with van der Waals surface area (Å²) >= 11 is 0. The summed E-state index contributed by atoms with van der Waals surface area (Å²) in [4.78, 5) is 14.8. The fourth-order valence-corrected chi connectivity index (χ4v) is 1.26. The molecular formula is C12H19N3O2. The number of carbonyl (C=O) groups excluding carboxylic acids is 1. The van der Waals surface area contributed by atoms with Crippen molar-refractivity contribution >= 4 is 11.6 Å². The highest BCUT2D eigenvalue weighted by molar-refractivity contribution is 5.91. The Bertz CT molecular complexity index is 367. The van der Waals surface area contributed by atoms with E-state index in [1.54, 1.807) is 18.3 Å². The molecule has 0 bridgehead atoms. The van der Waals surface area contributed by atoms with Crippen molar-refractivity contribution in [1.29, 1.82) is 0 Å². The number of hydrogen-bond acceptors (Lipinski definition) is 4. The zero-order valence-corrected chi connectivity index (χ0v) is 10.3. The van der Waals surface area contributed by atoms with Crippen LogP contribution in [0, 0.1) is 5.92 Å². The quantitative estimate of drug-likeness (QED) is 0.700. The van der Waals surface area contributed by atoms with E-state index in [1.165, 1.54) is 0 Å². The number of carbonyl (C=O) groups is 1. The zero-order chi connectivity index (χ0) is 12.7. The topological polar surface area (TPSA) is 77.2 Å². The number of pyridine rings is 1. The van der Waals surface area contributed by atoms with Gasteiger partial charge in [0.25, 0.3) is 5.91 Å². The number of hydrogen-bond donors (Lipinski definition) is 2. The maximum atomic E-state index is 10.9. The predicted molar refractivity (Wildman–Crippen MR) is 66.9 cm³/mol. The third kappa shape index (κ3) is 5.31. The second-order valence-corrected chi connectivity index (χ2v) is 4.19. The molecule has 5 nitrogen and oxygen atoms in total. The molecule has 0 atom stereocenters. The lowest BCUT2D eigenvalue weighted by Gasteiger charge is -2.09. The molecule has 17 heavy (non-hydrogen) atoms. The van der Waals surface area contributed by atoms with Gasteiger partial charge in [-0.05, 0) is 18.1 Å². The molecule has 0 unspecified atom stereocenters. The Balaban J connectivity index is 2.31. The molecule has 3 N–H and O–H groups in total. The van der Waals surface area contributed by atoms with Gasteiger partial charge in [0, 0.05) is 25.0 Å². The van der Waals surface area contributed by atoms with E-state index in [0.717, 1.165) is 12.3 Å². The SMILES string of the molecule is CC(C)COCCNc1ccnc(C(N)=O)c1. The van der Waals surface area contributed by atoms with E-state index in [2.05, 4.69) is 24.1 Å². The second kappa shape index (κ2) is 6.85. The van der Waals surface area contributed by atoms with Crippen LogP contribution in [-0.4, -0.2) is 30.6 Å². The Labute approximate surface area is 101 Å². The van der Waals surface area contributed by atoms with Crippen LogP contribution in [0.2, 0.25) is 0 Å². The number of nitrogens with zero attached hydrogens (tertiary/aromatic N) is 1. The second-order valence-electron chi connectivity index (χ2n) is 4.19. The van der Waals surface area contributed by atoms with Crippen LogP contribution in [0.15, 0.2) is 18.3 Å². The van der Waals surface area contributed by atoms with E-state index in [4.69, 9.17) is 10.5 Å². The molecule has 0 aliphatic rings. The van der Waals surface area contributed by atoms with Gasteiger partial charge in [0.05, 0.1) is 6.61 Å². The summed E-state index contributed by atoms with van der Waals surface area (Å²) in [5, 5.41) is 3.14. The lowest BCUT2D eigenvalue weighted by molar-refractivity contribution is 0.0995. The minimum Gasteiger partial charge on any atom is -0.383 e. The average Bonchev–Trinajstić information content (AvgIpc) is 2.28. The highest BCUT2D eigenvalue weighted by Crippen LogP contribution is 2.06. The molecule has 5 heteroatoms.